The van der Waals surface area contributed by atoms with Crippen LogP contribution in [0.15, 0.2) is 67.1 Å². The molecule has 32 heavy (non-hydrogen) atoms. The number of fused-ring (bicyclic) bond motifs is 1. The predicted octanol–water partition coefficient (Wildman–Crippen LogP) is 4.22. The molecule has 1 aliphatic heterocycles. The van der Waals surface area contributed by atoms with Crippen molar-refractivity contribution < 1.29 is 14.3 Å². The first-order chi connectivity index (χ1) is 15.7. The number of H-pyrrole nitrogens is 1. The largest absolute Gasteiger partial charge is 0.497 e. The number of aromatic nitrogens is 3. The number of nitrogens with zero attached hydrogens (tertiary/aromatic N) is 3. The zero-order valence-electron chi connectivity index (χ0n) is 17.6. The average molecular weight is 429 g/mol. The van der Waals surface area contributed by atoms with Gasteiger partial charge >= 0.3 is 0 Å². The van der Waals surface area contributed by atoms with Crippen LogP contribution in [-0.2, 0) is 0 Å². The molecule has 5 rings (SSSR count). The van der Waals surface area contributed by atoms with Crippen LogP contribution in [0.4, 0.5) is 11.4 Å². The number of hydrogen-bond acceptors (Lipinski definition) is 6. The van der Waals surface area contributed by atoms with Crippen LogP contribution in [0.5, 0.6) is 11.6 Å². The number of nitrogens with one attached hydrogen (secondary N) is 2. The van der Waals surface area contributed by atoms with Crippen molar-refractivity contribution in [1.82, 2.24) is 15.0 Å². The molecule has 1 saturated heterocycles. The van der Waals surface area contributed by atoms with Crippen molar-refractivity contribution in [2.45, 2.75) is 19.1 Å². The summed E-state index contributed by atoms with van der Waals surface area (Å²) in [7, 11) is 1.61. The van der Waals surface area contributed by atoms with E-state index in [-0.39, 0.29) is 12.1 Å². The van der Waals surface area contributed by atoms with Gasteiger partial charge in [0, 0.05) is 54.1 Å². The average Bonchev–Trinajstić information content (AvgIpc) is 3.47. The Morgan fingerprint density at radius 2 is 2.03 bits per heavy atom. The molecule has 162 valence electrons. The van der Waals surface area contributed by atoms with Crippen LogP contribution in [0.2, 0.25) is 0 Å². The Kier molecular flexibility index (Phi) is 5.33. The minimum atomic E-state index is -0.240. The standard InChI is InChI=1S/C24H23N5O3/c1-31-19-6-4-16-13-21(28-20(16)14-19)24(30)27-17-5-7-22(26-15-17)32-23-3-2-12-29(23)18-8-10-25-11-9-18/h4-11,13-15,23,28H,2-3,12H2,1H3,(H,27,30). The molecule has 1 unspecified atom stereocenters. The monoisotopic (exact) mass is 429 g/mol. The van der Waals surface area contributed by atoms with E-state index in [9.17, 15) is 4.79 Å². The quantitative estimate of drug-likeness (QED) is 0.477. The van der Waals surface area contributed by atoms with Gasteiger partial charge in [0.05, 0.1) is 19.0 Å². The maximum absolute atomic E-state index is 12.7. The summed E-state index contributed by atoms with van der Waals surface area (Å²) in [5, 5.41) is 3.80. The molecule has 0 bridgehead atoms. The number of methoxy groups -OCH3 is 1. The number of aromatic amines is 1. The lowest BCUT2D eigenvalue weighted by Crippen LogP contribution is -2.34. The number of carbonyl (C=O) groups is 1. The molecule has 8 heteroatoms. The predicted molar refractivity (Wildman–Crippen MR) is 122 cm³/mol. The third kappa shape index (κ3) is 4.07. The highest BCUT2D eigenvalue weighted by molar-refractivity contribution is 6.05. The zero-order valence-corrected chi connectivity index (χ0v) is 17.6. The van der Waals surface area contributed by atoms with E-state index in [1.165, 1.54) is 0 Å². The molecule has 4 heterocycles. The number of rotatable bonds is 6. The van der Waals surface area contributed by atoms with Gasteiger partial charge in [-0.05, 0) is 42.8 Å². The molecule has 4 aromatic rings. The fraction of sp³-hybridized carbons (Fsp3) is 0.208. The van der Waals surface area contributed by atoms with Gasteiger partial charge in [0.15, 0.2) is 6.23 Å². The maximum atomic E-state index is 12.7. The molecule has 0 aliphatic carbocycles. The molecule has 0 saturated carbocycles. The summed E-state index contributed by atoms with van der Waals surface area (Å²) in [5.74, 6) is 1.01. The van der Waals surface area contributed by atoms with Gasteiger partial charge in [-0.3, -0.25) is 9.78 Å². The summed E-state index contributed by atoms with van der Waals surface area (Å²) in [6.45, 7) is 0.930. The van der Waals surface area contributed by atoms with Gasteiger partial charge in [0.25, 0.3) is 5.91 Å². The van der Waals surface area contributed by atoms with Crippen LogP contribution in [0.25, 0.3) is 10.9 Å². The van der Waals surface area contributed by atoms with Crippen molar-refractivity contribution in [3.8, 4) is 11.6 Å². The van der Waals surface area contributed by atoms with Gasteiger partial charge in [0.2, 0.25) is 5.88 Å². The Hall–Kier alpha value is -4.07. The smallest absolute Gasteiger partial charge is 0.272 e. The molecule has 1 aliphatic rings. The first kappa shape index (κ1) is 19.9. The first-order valence-corrected chi connectivity index (χ1v) is 10.5. The molecular weight excluding hydrogens is 406 g/mol. The van der Waals surface area contributed by atoms with E-state index in [4.69, 9.17) is 9.47 Å². The molecule has 8 nitrogen and oxygen atoms in total. The lowest BCUT2D eigenvalue weighted by atomic mass is 10.2. The minimum absolute atomic E-state index is 0.0753. The summed E-state index contributed by atoms with van der Waals surface area (Å²) in [6, 6.07) is 15.0. The van der Waals surface area contributed by atoms with Crippen molar-refractivity contribution in [2.24, 2.45) is 0 Å². The van der Waals surface area contributed by atoms with Crippen molar-refractivity contribution in [2.75, 3.05) is 23.9 Å². The zero-order chi connectivity index (χ0) is 21.9. The Morgan fingerprint density at radius 3 is 2.81 bits per heavy atom. The number of amides is 1. The second-order valence-corrected chi connectivity index (χ2v) is 7.59. The van der Waals surface area contributed by atoms with E-state index >= 15 is 0 Å². The lowest BCUT2D eigenvalue weighted by molar-refractivity contribution is 0.102. The van der Waals surface area contributed by atoms with Gasteiger partial charge in [-0.2, -0.15) is 0 Å². The van der Waals surface area contributed by atoms with Crippen LogP contribution in [0, 0.1) is 0 Å². The third-order valence-electron chi connectivity index (χ3n) is 5.52. The van der Waals surface area contributed by atoms with Crippen molar-refractivity contribution in [3.05, 3.63) is 72.8 Å². The van der Waals surface area contributed by atoms with E-state index in [0.29, 0.717) is 17.3 Å². The topological polar surface area (TPSA) is 92.4 Å². The van der Waals surface area contributed by atoms with Crippen LogP contribution in [-0.4, -0.2) is 40.7 Å². The van der Waals surface area contributed by atoms with E-state index in [1.54, 1.807) is 37.8 Å². The molecule has 1 atom stereocenters. The first-order valence-electron chi connectivity index (χ1n) is 10.5. The molecule has 2 N–H and O–H groups in total. The number of carbonyl (C=O) groups excluding carboxylic acids is 1. The Balaban J connectivity index is 1.24. The highest BCUT2D eigenvalue weighted by atomic mass is 16.5. The van der Waals surface area contributed by atoms with Gasteiger partial charge in [-0.25, -0.2) is 4.98 Å². The molecule has 1 amide bonds. The summed E-state index contributed by atoms with van der Waals surface area (Å²) < 4.78 is 11.3. The molecule has 1 fully saturated rings. The maximum Gasteiger partial charge on any atom is 0.272 e. The second kappa shape index (κ2) is 8.58. The molecule has 1 aromatic carbocycles. The van der Waals surface area contributed by atoms with E-state index in [1.807, 2.05) is 36.4 Å². The number of pyridine rings is 2. The molecular formula is C24H23N5O3. The van der Waals surface area contributed by atoms with E-state index in [2.05, 4.69) is 25.2 Å². The SMILES string of the molecule is COc1ccc2cc(C(=O)Nc3ccc(OC4CCCN4c4ccncc4)nc3)[nH]c2c1. The minimum Gasteiger partial charge on any atom is -0.497 e. The second-order valence-electron chi connectivity index (χ2n) is 7.59. The van der Waals surface area contributed by atoms with E-state index in [0.717, 1.165) is 41.7 Å². The Labute approximate surface area is 185 Å². The normalized spacial score (nSPS) is 15.7. The van der Waals surface area contributed by atoms with Gasteiger partial charge < -0.3 is 24.7 Å². The van der Waals surface area contributed by atoms with Crippen LogP contribution < -0.4 is 19.7 Å². The van der Waals surface area contributed by atoms with Gasteiger partial charge in [0.1, 0.15) is 11.4 Å². The Bertz CT molecular complexity index is 1220. The fourth-order valence-corrected chi connectivity index (χ4v) is 3.91. The number of hydrogen-bond donors (Lipinski definition) is 2. The summed E-state index contributed by atoms with van der Waals surface area (Å²) in [4.78, 5) is 26.5. The molecule has 3 aromatic heterocycles. The van der Waals surface area contributed by atoms with Crippen molar-refractivity contribution in [1.29, 1.82) is 0 Å². The van der Waals surface area contributed by atoms with Gasteiger partial charge in [-0.1, -0.05) is 0 Å². The third-order valence-corrected chi connectivity index (χ3v) is 5.52. The van der Waals surface area contributed by atoms with Crippen LogP contribution in [0.3, 0.4) is 0 Å². The van der Waals surface area contributed by atoms with Crippen LogP contribution >= 0.6 is 0 Å². The molecule has 0 spiro atoms. The fourth-order valence-electron chi connectivity index (χ4n) is 3.91. The number of benzene rings is 1. The number of ether oxygens (including phenoxy) is 2. The highest BCUT2D eigenvalue weighted by Crippen LogP contribution is 2.27. The van der Waals surface area contributed by atoms with Crippen molar-refractivity contribution in [3.63, 3.8) is 0 Å². The summed E-state index contributed by atoms with van der Waals surface area (Å²) >= 11 is 0. The van der Waals surface area contributed by atoms with E-state index < -0.39 is 0 Å². The summed E-state index contributed by atoms with van der Waals surface area (Å²) in [5.41, 5.74) is 2.98. The lowest BCUT2D eigenvalue weighted by Gasteiger charge is -2.26. The van der Waals surface area contributed by atoms with Crippen molar-refractivity contribution >= 4 is 28.2 Å². The highest BCUT2D eigenvalue weighted by Gasteiger charge is 2.26. The number of anilines is 2. The molecule has 0 radical (unpaired) electrons. The Morgan fingerprint density at radius 1 is 1.16 bits per heavy atom. The van der Waals surface area contributed by atoms with Crippen LogP contribution in [0.1, 0.15) is 23.3 Å². The summed E-state index contributed by atoms with van der Waals surface area (Å²) in [6.07, 6.45) is 7.07. The van der Waals surface area contributed by atoms with Gasteiger partial charge in [-0.15, -0.1) is 0 Å².